The van der Waals surface area contributed by atoms with Crippen LogP contribution in [0.3, 0.4) is 0 Å². The highest BCUT2D eigenvalue weighted by Gasteiger charge is 2.34. The molecule has 0 fully saturated rings. The number of fused-ring (bicyclic) bond motifs is 1. The van der Waals surface area contributed by atoms with E-state index in [1.807, 2.05) is 54.5 Å². The summed E-state index contributed by atoms with van der Waals surface area (Å²) in [7, 11) is 1.61. The van der Waals surface area contributed by atoms with Crippen LogP contribution in [0.25, 0.3) is 0 Å². The average Bonchev–Trinajstić information content (AvgIpc) is 3.52. The second-order valence-corrected chi connectivity index (χ2v) is 10.1. The number of rotatable bonds is 8. The standard InChI is InChI=1S/C25H28N2O4S2/c1-17(2)27(25(29)23-9-6-13-32-23)15-24(28)26-12-10-22-18(11-14-33-22)19(26)16-31-21-8-5-4-7-20(21)30-3/h4-9,11,13-14,17,19H,10,12,15-16H2,1-3H3/t19-/m1/s1. The molecular formula is C25H28N2O4S2. The molecule has 8 heteroatoms. The van der Waals surface area contributed by atoms with Gasteiger partial charge in [0.1, 0.15) is 13.2 Å². The minimum absolute atomic E-state index is 0.0407. The lowest BCUT2D eigenvalue weighted by Crippen LogP contribution is -2.49. The molecule has 0 saturated carbocycles. The summed E-state index contributed by atoms with van der Waals surface area (Å²) in [5, 5.41) is 3.94. The number of amides is 2. The molecule has 0 N–H and O–H groups in total. The molecule has 3 heterocycles. The molecule has 4 rings (SSSR count). The monoisotopic (exact) mass is 484 g/mol. The number of thiophene rings is 2. The molecule has 2 aromatic heterocycles. The van der Waals surface area contributed by atoms with Gasteiger partial charge in [-0.05, 0) is 60.9 Å². The third-order valence-corrected chi connectivity index (χ3v) is 7.66. The third kappa shape index (κ3) is 5.07. The molecule has 33 heavy (non-hydrogen) atoms. The van der Waals surface area contributed by atoms with Gasteiger partial charge in [-0.15, -0.1) is 22.7 Å². The SMILES string of the molecule is COc1ccccc1OC[C@@H]1c2ccsc2CCN1C(=O)CN(C(=O)c1cccs1)C(C)C. The number of nitrogens with zero attached hydrogens (tertiary/aromatic N) is 2. The fourth-order valence-electron chi connectivity index (χ4n) is 4.05. The molecule has 0 unspecified atom stereocenters. The molecule has 0 saturated heterocycles. The molecule has 0 bridgehead atoms. The van der Waals surface area contributed by atoms with Gasteiger partial charge in [0.05, 0.1) is 18.0 Å². The van der Waals surface area contributed by atoms with E-state index in [0.717, 1.165) is 12.0 Å². The van der Waals surface area contributed by atoms with Crippen LogP contribution in [-0.4, -0.2) is 54.5 Å². The zero-order chi connectivity index (χ0) is 23.4. The Kier molecular flexibility index (Phi) is 7.35. The van der Waals surface area contributed by atoms with Crippen LogP contribution in [0.5, 0.6) is 11.5 Å². The van der Waals surface area contributed by atoms with Gasteiger partial charge < -0.3 is 19.3 Å². The van der Waals surface area contributed by atoms with Crippen LogP contribution in [0.4, 0.5) is 0 Å². The lowest BCUT2D eigenvalue weighted by molar-refractivity contribution is -0.136. The minimum Gasteiger partial charge on any atom is -0.493 e. The van der Waals surface area contributed by atoms with Crippen molar-refractivity contribution in [2.75, 3.05) is 26.8 Å². The van der Waals surface area contributed by atoms with E-state index in [2.05, 4.69) is 11.4 Å². The van der Waals surface area contributed by atoms with E-state index < -0.39 is 0 Å². The van der Waals surface area contributed by atoms with Crippen LogP contribution in [-0.2, 0) is 11.2 Å². The molecule has 1 aliphatic rings. The van der Waals surface area contributed by atoms with Gasteiger partial charge in [-0.25, -0.2) is 0 Å². The Morgan fingerprint density at radius 2 is 1.88 bits per heavy atom. The Labute approximate surface area is 202 Å². The molecule has 1 aliphatic heterocycles. The summed E-state index contributed by atoms with van der Waals surface area (Å²) in [5.74, 6) is 1.12. The van der Waals surface area contributed by atoms with Gasteiger partial charge in [-0.3, -0.25) is 9.59 Å². The zero-order valence-corrected chi connectivity index (χ0v) is 20.7. The van der Waals surface area contributed by atoms with Gasteiger partial charge in [0.15, 0.2) is 11.5 Å². The first kappa shape index (κ1) is 23.3. The van der Waals surface area contributed by atoms with Crippen molar-refractivity contribution in [2.24, 2.45) is 0 Å². The lowest BCUT2D eigenvalue weighted by atomic mass is 10.00. The van der Waals surface area contributed by atoms with Crippen LogP contribution in [0.15, 0.2) is 53.2 Å². The molecule has 0 spiro atoms. The zero-order valence-electron chi connectivity index (χ0n) is 19.0. The molecule has 0 aliphatic carbocycles. The van der Waals surface area contributed by atoms with Crippen LogP contribution in [0.1, 0.15) is 40.0 Å². The number of carbonyl (C=O) groups is 2. The van der Waals surface area contributed by atoms with Crippen LogP contribution >= 0.6 is 22.7 Å². The van der Waals surface area contributed by atoms with Crippen molar-refractivity contribution in [1.82, 2.24) is 9.80 Å². The van der Waals surface area contributed by atoms with Crippen molar-refractivity contribution in [1.29, 1.82) is 0 Å². The summed E-state index contributed by atoms with van der Waals surface area (Å²) < 4.78 is 11.5. The number of para-hydroxylation sites is 2. The van der Waals surface area contributed by atoms with Crippen LogP contribution < -0.4 is 9.47 Å². The van der Waals surface area contributed by atoms with E-state index >= 15 is 0 Å². The first-order chi connectivity index (χ1) is 16.0. The van der Waals surface area contributed by atoms with Crippen molar-refractivity contribution >= 4 is 34.5 Å². The average molecular weight is 485 g/mol. The first-order valence-electron chi connectivity index (χ1n) is 11.0. The Balaban J connectivity index is 1.54. The summed E-state index contributed by atoms with van der Waals surface area (Å²) in [6.45, 7) is 4.84. The number of benzene rings is 1. The Bertz CT molecular complexity index is 1090. The van der Waals surface area contributed by atoms with Gasteiger partial charge in [0, 0.05) is 17.5 Å². The Morgan fingerprint density at radius 3 is 2.58 bits per heavy atom. The maximum Gasteiger partial charge on any atom is 0.264 e. The topological polar surface area (TPSA) is 59.1 Å². The summed E-state index contributed by atoms with van der Waals surface area (Å²) in [4.78, 5) is 32.0. The predicted molar refractivity (Wildman–Crippen MR) is 131 cm³/mol. The number of hydrogen-bond donors (Lipinski definition) is 0. The summed E-state index contributed by atoms with van der Waals surface area (Å²) >= 11 is 3.11. The molecular weight excluding hydrogens is 456 g/mol. The minimum atomic E-state index is -0.219. The molecule has 2 amide bonds. The van der Waals surface area contributed by atoms with E-state index in [1.165, 1.54) is 16.2 Å². The van der Waals surface area contributed by atoms with Gasteiger partial charge in [-0.2, -0.15) is 0 Å². The normalized spacial score (nSPS) is 15.3. The van der Waals surface area contributed by atoms with Crippen molar-refractivity contribution < 1.29 is 19.1 Å². The highest BCUT2D eigenvalue weighted by atomic mass is 32.1. The van der Waals surface area contributed by atoms with E-state index in [4.69, 9.17) is 9.47 Å². The van der Waals surface area contributed by atoms with Crippen molar-refractivity contribution in [3.05, 3.63) is 68.5 Å². The number of methoxy groups -OCH3 is 1. The molecule has 3 aromatic rings. The van der Waals surface area contributed by atoms with Gasteiger partial charge in [0.2, 0.25) is 5.91 Å². The second-order valence-electron chi connectivity index (χ2n) is 8.12. The van der Waals surface area contributed by atoms with Crippen LogP contribution in [0.2, 0.25) is 0 Å². The van der Waals surface area contributed by atoms with Gasteiger partial charge in [-0.1, -0.05) is 18.2 Å². The van der Waals surface area contributed by atoms with Crippen molar-refractivity contribution in [2.45, 2.75) is 32.4 Å². The van der Waals surface area contributed by atoms with Crippen LogP contribution in [0, 0.1) is 0 Å². The second kappa shape index (κ2) is 10.4. The Hall–Kier alpha value is -2.84. The molecule has 6 nitrogen and oxygen atoms in total. The molecule has 174 valence electrons. The number of hydrogen-bond acceptors (Lipinski definition) is 6. The van der Waals surface area contributed by atoms with E-state index in [9.17, 15) is 9.59 Å². The maximum atomic E-state index is 13.5. The number of carbonyl (C=O) groups excluding carboxylic acids is 2. The maximum absolute atomic E-state index is 13.5. The summed E-state index contributed by atoms with van der Waals surface area (Å²) in [6, 6.07) is 12.9. The van der Waals surface area contributed by atoms with E-state index in [1.54, 1.807) is 29.4 Å². The fraction of sp³-hybridized carbons (Fsp3) is 0.360. The smallest absolute Gasteiger partial charge is 0.264 e. The largest absolute Gasteiger partial charge is 0.493 e. The predicted octanol–water partition coefficient (Wildman–Crippen LogP) is 4.87. The van der Waals surface area contributed by atoms with Crippen molar-refractivity contribution in [3.63, 3.8) is 0 Å². The fourth-order valence-corrected chi connectivity index (χ4v) is 5.66. The summed E-state index contributed by atoms with van der Waals surface area (Å²) in [5.41, 5.74) is 1.12. The molecule has 1 aromatic carbocycles. The lowest BCUT2D eigenvalue weighted by Gasteiger charge is -2.37. The summed E-state index contributed by atoms with van der Waals surface area (Å²) in [6.07, 6.45) is 0.810. The van der Waals surface area contributed by atoms with Gasteiger partial charge in [0.25, 0.3) is 5.91 Å². The van der Waals surface area contributed by atoms with Crippen molar-refractivity contribution in [3.8, 4) is 11.5 Å². The molecule has 0 radical (unpaired) electrons. The van der Waals surface area contributed by atoms with E-state index in [-0.39, 0.29) is 30.4 Å². The Morgan fingerprint density at radius 1 is 1.09 bits per heavy atom. The third-order valence-electron chi connectivity index (χ3n) is 5.80. The van der Waals surface area contributed by atoms with E-state index in [0.29, 0.717) is 29.5 Å². The highest BCUT2D eigenvalue weighted by molar-refractivity contribution is 7.12. The quantitative estimate of drug-likeness (QED) is 0.458. The first-order valence-corrected chi connectivity index (χ1v) is 12.7. The molecule has 1 atom stereocenters. The number of ether oxygens (including phenoxy) is 2. The highest BCUT2D eigenvalue weighted by Crippen LogP contribution is 2.35. The van der Waals surface area contributed by atoms with Gasteiger partial charge >= 0.3 is 0 Å².